The quantitative estimate of drug-likeness (QED) is 0.688. The Morgan fingerprint density at radius 1 is 1.04 bits per heavy atom. The SMILES string of the molecule is O=C(N[C@H]1[C@@H]2C[C@@H]([C@@H](O)[C@H]2O)[C@@H]1c1ccccc1)c1ccc[nH]1. The summed E-state index contributed by atoms with van der Waals surface area (Å²) >= 11 is 0. The topological polar surface area (TPSA) is 85.3 Å². The molecule has 4 rings (SSSR count). The average molecular weight is 312 g/mol. The summed E-state index contributed by atoms with van der Waals surface area (Å²) in [5, 5.41) is 23.6. The van der Waals surface area contributed by atoms with Crippen LogP contribution >= 0.6 is 0 Å². The molecule has 1 heterocycles. The molecule has 4 N–H and O–H groups in total. The van der Waals surface area contributed by atoms with Crippen LogP contribution in [0.25, 0.3) is 0 Å². The molecule has 2 saturated carbocycles. The number of benzene rings is 1. The number of nitrogens with one attached hydrogen (secondary N) is 2. The fraction of sp³-hybridized carbons (Fsp3) is 0.389. The van der Waals surface area contributed by atoms with Gasteiger partial charge in [-0.3, -0.25) is 4.79 Å². The molecule has 0 unspecified atom stereocenters. The predicted molar refractivity (Wildman–Crippen MR) is 84.8 cm³/mol. The summed E-state index contributed by atoms with van der Waals surface area (Å²) in [4.78, 5) is 15.3. The van der Waals surface area contributed by atoms with Crippen molar-refractivity contribution >= 4 is 5.91 Å². The molecule has 5 nitrogen and oxygen atoms in total. The monoisotopic (exact) mass is 312 g/mol. The normalized spacial score (nSPS) is 35.4. The van der Waals surface area contributed by atoms with E-state index in [-0.39, 0.29) is 29.7 Å². The Bertz CT molecular complexity index is 686. The number of aliphatic hydroxyl groups is 2. The first-order valence-electron chi connectivity index (χ1n) is 8.02. The minimum absolute atomic E-state index is 0.0219. The predicted octanol–water partition coefficient (Wildman–Crippen LogP) is 1.27. The number of hydrogen-bond donors (Lipinski definition) is 4. The van der Waals surface area contributed by atoms with E-state index in [0.29, 0.717) is 5.69 Å². The lowest BCUT2D eigenvalue weighted by Gasteiger charge is -2.37. The van der Waals surface area contributed by atoms with Crippen molar-refractivity contribution in [3.8, 4) is 0 Å². The van der Waals surface area contributed by atoms with Crippen LogP contribution in [-0.2, 0) is 0 Å². The van der Waals surface area contributed by atoms with E-state index in [0.717, 1.165) is 12.0 Å². The number of amides is 1. The second kappa shape index (κ2) is 5.51. The van der Waals surface area contributed by atoms with Crippen LogP contribution in [0.15, 0.2) is 48.7 Å². The third-order valence-electron chi connectivity index (χ3n) is 5.41. The molecule has 1 amide bonds. The third-order valence-corrected chi connectivity index (χ3v) is 5.41. The Kier molecular flexibility index (Phi) is 3.47. The number of H-pyrrole nitrogens is 1. The van der Waals surface area contributed by atoms with E-state index in [1.54, 1.807) is 18.3 Å². The van der Waals surface area contributed by atoms with Crippen LogP contribution in [0.3, 0.4) is 0 Å². The minimum atomic E-state index is -0.770. The van der Waals surface area contributed by atoms with Gasteiger partial charge in [0, 0.05) is 24.1 Å². The van der Waals surface area contributed by atoms with Crippen LogP contribution in [0, 0.1) is 11.8 Å². The lowest BCUT2D eigenvalue weighted by molar-refractivity contribution is -0.0327. The molecule has 2 aliphatic rings. The van der Waals surface area contributed by atoms with Gasteiger partial charge in [0.05, 0.1) is 12.2 Å². The summed E-state index contributed by atoms with van der Waals surface area (Å²) < 4.78 is 0. The molecule has 1 aromatic carbocycles. The number of hydrogen-bond acceptors (Lipinski definition) is 3. The van der Waals surface area contributed by atoms with Crippen LogP contribution in [0.2, 0.25) is 0 Å². The van der Waals surface area contributed by atoms with Crippen molar-refractivity contribution in [3.05, 3.63) is 59.9 Å². The van der Waals surface area contributed by atoms with Gasteiger partial charge in [0.1, 0.15) is 5.69 Å². The van der Waals surface area contributed by atoms with E-state index in [1.807, 2.05) is 30.3 Å². The number of carbonyl (C=O) groups excluding carboxylic acids is 1. The number of aromatic nitrogens is 1. The van der Waals surface area contributed by atoms with Gasteiger partial charge >= 0.3 is 0 Å². The molecular formula is C18H20N2O3. The van der Waals surface area contributed by atoms with Gasteiger partial charge in [0.25, 0.3) is 5.91 Å². The molecule has 6 atom stereocenters. The lowest BCUT2D eigenvalue weighted by Crippen LogP contribution is -2.51. The number of rotatable bonds is 3. The van der Waals surface area contributed by atoms with Gasteiger partial charge in [0.2, 0.25) is 0 Å². The van der Waals surface area contributed by atoms with E-state index in [2.05, 4.69) is 10.3 Å². The summed E-state index contributed by atoms with van der Waals surface area (Å²) in [6.45, 7) is 0. The van der Waals surface area contributed by atoms with Gasteiger partial charge in [-0.1, -0.05) is 30.3 Å². The Balaban J connectivity index is 1.64. The lowest BCUT2D eigenvalue weighted by atomic mass is 9.77. The second-order valence-corrected chi connectivity index (χ2v) is 6.56. The molecule has 2 aliphatic carbocycles. The van der Waals surface area contributed by atoms with Crippen molar-refractivity contribution in [3.63, 3.8) is 0 Å². The zero-order chi connectivity index (χ0) is 16.0. The molecule has 5 heteroatoms. The molecule has 120 valence electrons. The maximum absolute atomic E-state index is 12.4. The Labute approximate surface area is 134 Å². The van der Waals surface area contributed by atoms with Crippen LogP contribution in [0.4, 0.5) is 0 Å². The molecule has 2 aromatic rings. The number of aliphatic hydroxyl groups excluding tert-OH is 2. The fourth-order valence-electron chi connectivity index (χ4n) is 4.38. The second-order valence-electron chi connectivity index (χ2n) is 6.56. The highest BCUT2D eigenvalue weighted by Crippen LogP contribution is 2.53. The van der Waals surface area contributed by atoms with E-state index in [1.165, 1.54) is 0 Å². The highest BCUT2D eigenvalue weighted by atomic mass is 16.3. The summed E-state index contributed by atoms with van der Waals surface area (Å²) in [5.41, 5.74) is 1.61. The molecule has 2 bridgehead atoms. The smallest absolute Gasteiger partial charge is 0.267 e. The first kappa shape index (κ1) is 14.5. The van der Waals surface area contributed by atoms with E-state index < -0.39 is 12.2 Å². The van der Waals surface area contributed by atoms with Gasteiger partial charge < -0.3 is 20.5 Å². The summed E-state index contributed by atoms with van der Waals surface area (Å²) in [6.07, 6.45) is 0.957. The third kappa shape index (κ3) is 2.28. The van der Waals surface area contributed by atoms with Crippen molar-refractivity contribution in [1.29, 1.82) is 0 Å². The number of fused-ring (bicyclic) bond motifs is 2. The number of carbonyl (C=O) groups is 1. The average Bonchev–Trinajstić information content (AvgIpc) is 3.27. The molecule has 0 aliphatic heterocycles. The van der Waals surface area contributed by atoms with E-state index in [4.69, 9.17) is 0 Å². The maximum atomic E-state index is 12.4. The van der Waals surface area contributed by atoms with E-state index in [9.17, 15) is 15.0 Å². The van der Waals surface area contributed by atoms with Gasteiger partial charge in [0.15, 0.2) is 0 Å². The van der Waals surface area contributed by atoms with Crippen LogP contribution in [0.5, 0.6) is 0 Å². The van der Waals surface area contributed by atoms with Crippen molar-refractivity contribution in [1.82, 2.24) is 10.3 Å². The Hall–Kier alpha value is -2.11. The highest BCUT2D eigenvalue weighted by molar-refractivity contribution is 5.92. The fourth-order valence-corrected chi connectivity index (χ4v) is 4.38. The zero-order valence-corrected chi connectivity index (χ0v) is 12.6. The Morgan fingerprint density at radius 3 is 2.48 bits per heavy atom. The largest absolute Gasteiger partial charge is 0.390 e. The first-order chi connectivity index (χ1) is 11.2. The van der Waals surface area contributed by atoms with Crippen LogP contribution in [0.1, 0.15) is 28.4 Å². The molecule has 23 heavy (non-hydrogen) atoms. The van der Waals surface area contributed by atoms with Crippen LogP contribution < -0.4 is 5.32 Å². The highest BCUT2D eigenvalue weighted by Gasteiger charge is 2.58. The summed E-state index contributed by atoms with van der Waals surface area (Å²) in [6, 6.07) is 13.3. The molecule has 0 saturated heterocycles. The molecule has 1 aromatic heterocycles. The minimum Gasteiger partial charge on any atom is -0.390 e. The van der Waals surface area contributed by atoms with E-state index >= 15 is 0 Å². The molecular weight excluding hydrogens is 292 g/mol. The maximum Gasteiger partial charge on any atom is 0.267 e. The van der Waals surface area contributed by atoms with Crippen molar-refractivity contribution in [2.24, 2.45) is 11.8 Å². The van der Waals surface area contributed by atoms with Gasteiger partial charge in [-0.05, 0) is 30.0 Å². The standard InChI is InChI=1S/C18H20N2O3/c21-16-11-9-12(17(16)22)15(14(11)10-5-2-1-3-6-10)20-18(23)13-7-4-8-19-13/h1-8,11-12,14-17,19,21-22H,9H2,(H,20,23)/t11-,12+,14+,15+,16-,17+/m1/s1. The van der Waals surface area contributed by atoms with Gasteiger partial charge in [-0.2, -0.15) is 0 Å². The molecule has 0 spiro atoms. The molecule has 0 radical (unpaired) electrons. The zero-order valence-electron chi connectivity index (χ0n) is 12.6. The van der Waals surface area contributed by atoms with Gasteiger partial charge in [-0.15, -0.1) is 0 Å². The van der Waals surface area contributed by atoms with Crippen molar-refractivity contribution in [2.75, 3.05) is 0 Å². The Morgan fingerprint density at radius 2 is 1.78 bits per heavy atom. The first-order valence-corrected chi connectivity index (χ1v) is 8.02. The number of aromatic amines is 1. The van der Waals surface area contributed by atoms with Crippen molar-refractivity contribution < 1.29 is 15.0 Å². The molecule has 2 fully saturated rings. The summed E-state index contributed by atoms with van der Waals surface area (Å²) in [5.74, 6) is -0.279. The van der Waals surface area contributed by atoms with Crippen molar-refractivity contribution in [2.45, 2.75) is 30.6 Å². The summed E-state index contributed by atoms with van der Waals surface area (Å²) in [7, 11) is 0. The van der Waals surface area contributed by atoms with Crippen LogP contribution in [-0.4, -0.2) is 39.4 Å². The van der Waals surface area contributed by atoms with Gasteiger partial charge in [-0.25, -0.2) is 0 Å².